The summed E-state index contributed by atoms with van der Waals surface area (Å²) < 4.78 is 0. The van der Waals surface area contributed by atoms with Gasteiger partial charge < -0.3 is 10.8 Å². The number of nitrogens with two attached hydrogens (primary N) is 1. The number of aromatic hydroxyl groups is 1. The molecule has 1 amide bonds. The Kier molecular flexibility index (Phi) is 5.02. The molecule has 0 aliphatic carbocycles. The summed E-state index contributed by atoms with van der Waals surface area (Å²) in [5.41, 5.74) is 6.74. The van der Waals surface area contributed by atoms with E-state index in [0.29, 0.717) is 16.3 Å². The van der Waals surface area contributed by atoms with Crippen molar-refractivity contribution in [1.82, 2.24) is 10.3 Å². The highest BCUT2D eigenvalue weighted by Gasteiger charge is 2.23. The van der Waals surface area contributed by atoms with E-state index >= 15 is 0 Å². The number of guanidine groups is 1. The molecule has 7 nitrogen and oxygen atoms in total. The fourth-order valence-corrected chi connectivity index (χ4v) is 2.36. The van der Waals surface area contributed by atoms with Gasteiger partial charge in [-0.1, -0.05) is 17.7 Å². The number of hydrogen-bond acceptors (Lipinski definition) is 4. The number of carbonyl (C=O) groups is 1. The van der Waals surface area contributed by atoms with Gasteiger partial charge in [-0.15, -0.1) is 0 Å². The van der Waals surface area contributed by atoms with Gasteiger partial charge in [0.05, 0.1) is 22.9 Å². The molecule has 24 heavy (non-hydrogen) atoms. The second-order valence-corrected chi connectivity index (χ2v) is 5.16. The highest BCUT2D eigenvalue weighted by molar-refractivity contribution is 6.34. The highest BCUT2D eigenvalue weighted by atomic mass is 35.5. The van der Waals surface area contributed by atoms with Crippen molar-refractivity contribution in [2.75, 3.05) is 7.05 Å². The first-order chi connectivity index (χ1) is 11.4. The van der Waals surface area contributed by atoms with Gasteiger partial charge in [-0.3, -0.25) is 20.1 Å². The Balaban J connectivity index is 2.79. The average molecular weight is 344 g/mol. The molecule has 4 N–H and O–H groups in total. The first-order valence-corrected chi connectivity index (χ1v) is 7.17. The Hall–Kier alpha value is -3.11. The summed E-state index contributed by atoms with van der Waals surface area (Å²) >= 11 is 6.29. The second kappa shape index (κ2) is 6.98. The minimum absolute atomic E-state index is 0.109. The normalized spacial score (nSPS) is 11.0. The molecular weight excluding hydrogens is 330 g/mol. The molecule has 0 bridgehead atoms. The number of phenols is 1. The number of nitrogens with zero attached hydrogens (tertiary/aromatic N) is 3. The van der Waals surface area contributed by atoms with Gasteiger partial charge in [-0.2, -0.15) is 0 Å². The number of phenolic OH excluding ortho intramolecular Hbond substituents is 1. The summed E-state index contributed by atoms with van der Waals surface area (Å²) in [6.45, 7) is 9.05. The fraction of sp³-hybridized carbons (Fsp3) is 0.125. The summed E-state index contributed by atoms with van der Waals surface area (Å²) in [4.78, 5) is 23.6. The highest BCUT2D eigenvalue weighted by Crippen LogP contribution is 2.41. The standard InChI is InChI=1S/C16H14ClN5O2/c1-8-14(17)9(6-7-21-8)12-10(19-2)4-5-11(23)13(12)15(24)22-16(18)20-3/h4-7,23H,1,3H3,(H3,18,20,22,24). The van der Waals surface area contributed by atoms with E-state index in [1.165, 1.54) is 25.4 Å². The van der Waals surface area contributed by atoms with E-state index in [1.807, 2.05) is 0 Å². The van der Waals surface area contributed by atoms with Crippen LogP contribution in [0.3, 0.4) is 0 Å². The van der Waals surface area contributed by atoms with Crippen LogP contribution in [0, 0.1) is 13.5 Å². The first-order valence-electron chi connectivity index (χ1n) is 6.79. The van der Waals surface area contributed by atoms with Crippen molar-refractivity contribution in [2.24, 2.45) is 10.7 Å². The van der Waals surface area contributed by atoms with Gasteiger partial charge in [0, 0.05) is 18.8 Å². The number of benzene rings is 1. The molecule has 0 unspecified atom stereocenters. The molecule has 1 aromatic carbocycles. The number of nitrogens with one attached hydrogen (secondary N) is 1. The Morgan fingerprint density at radius 1 is 1.46 bits per heavy atom. The molecule has 0 fully saturated rings. The van der Waals surface area contributed by atoms with Crippen LogP contribution < -0.4 is 11.1 Å². The number of rotatable bonds is 2. The van der Waals surface area contributed by atoms with Crippen molar-refractivity contribution < 1.29 is 9.90 Å². The third-order valence-electron chi connectivity index (χ3n) is 3.32. The summed E-state index contributed by atoms with van der Waals surface area (Å²) in [6, 6.07) is 4.26. The molecule has 122 valence electrons. The van der Waals surface area contributed by atoms with Crippen LogP contribution in [-0.2, 0) is 0 Å². The van der Waals surface area contributed by atoms with E-state index in [4.69, 9.17) is 23.9 Å². The predicted molar refractivity (Wildman–Crippen MR) is 92.4 cm³/mol. The minimum atomic E-state index is -0.693. The lowest BCUT2D eigenvalue weighted by molar-refractivity contribution is 0.0974. The number of amides is 1. The molecule has 1 heterocycles. The lowest BCUT2D eigenvalue weighted by Gasteiger charge is -2.15. The van der Waals surface area contributed by atoms with Crippen LogP contribution >= 0.6 is 11.6 Å². The van der Waals surface area contributed by atoms with Crippen LogP contribution in [-0.4, -0.2) is 29.0 Å². The zero-order valence-electron chi connectivity index (χ0n) is 13.0. The number of pyridine rings is 1. The average Bonchev–Trinajstić information content (AvgIpc) is 2.56. The Labute approximate surface area is 143 Å². The lowest BCUT2D eigenvalue weighted by Crippen LogP contribution is -2.36. The maximum absolute atomic E-state index is 12.5. The topological polar surface area (TPSA) is 105 Å². The van der Waals surface area contributed by atoms with Gasteiger partial charge in [-0.25, -0.2) is 4.85 Å². The van der Waals surface area contributed by atoms with Crippen LogP contribution in [0.15, 0.2) is 29.4 Å². The smallest absolute Gasteiger partial charge is 0.261 e. The van der Waals surface area contributed by atoms with E-state index in [0.717, 1.165) is 0 Å². The molecular formula is C16H14ClN5O2. The maximum Gasteiger partial charge on any atom is 0.261 e. The van der Waals surface area contributed by atoms with Gasteiger partial charge >= 0.3 is 0 Å². The van der Waals surface area contributed by atoms with E-state index in [9.17, 15) is 9.90 Å². The molecule has 1 aromatic heterocycles. The maximum atomic E-state index is 12.5. The molecule has 2 aromatic rings. The molecule has 0 radical (unpaired) electrons. The van der Waals surface area contributed by atoms with Gasteiger partial charge in [-0.05, 0) is 24.6 Å². The fourth-order valence-electron chi connectivity index (χ4n) is 2.15. The predicted octanol–water partition coefficient (Wildman–Crippen LogP) is 2.64. The summed E-state index contributed by atoms with van der Waals surface area (Å²) in [7, 11) is 1.41. The molecule has 8 heteroatoms. The molecule has 0 aliphatic rings. The molecule has 0 saturated heterocycles. The van der Waals surface area contributed by atoms with Crippen LogP contribution in [0.25, 0.3) is 16.0 Å². The molecule has 0 atom stereocenters. The van der Waals surface area contributed by atoms with Crippen molar-refractivity contribution in [3.05, 3.63) is 52.1 Å². The summed E-state index contributed by atoms with van der Waals surface area (Å²) in [5, 5.41) is 12.8. The van der Waals surface area contributed by atoms with Crippen molar-refractivity contribution in [2.45, 2.75) is 6.92 Å². The van der Waals surface area contributed by atoms with Crippen LogP contribution in [0.5, 0.6) is 5.75 Å². The van der Waals surface area contributed by atoms with Crippen molar-refractivity contribution in [1.29, 1.82) is 0 Å². The van der Waals surface area contributed by atoms with Crippen LogP contribution in [0.2, 0.25) is 5.02 Å². The van der Waals surface area contributed by atoms with E-state index in [2.05, 4.69) is 20.1 Å². The van der Waals surface area contributed by atoms with Crippen molar-refractivity contribution in [3.63, 3.8) is 0 Å². The third kappa shape index (κ3) is 3.14. The summed E-state index contributed by atoms with van der Waals surface area (Å²) in [6.07, 6.45) is 1.51. The minimum Gasteiger partial charge on any atom is -0.507 e. The number of aromatic nitrogens is 1. The Bertz CT molecular complexity index is 887. The lowest BCUT2D eigenvalue weighted by atomic mass is 9.96. The number of aryl methyl sites for hydroxylation is 1. The van der Waals surface area contributed by atoms with Crippen molar-refractivity contribution >= 4 is 29.2 Å². The quantitative estimate of drug-likeness (QED) is 0.443. The van der Waals surface area contributed by atoms with Gasteiger partial charge in [0.15, 0.2) is 11.6 Å². The zero-order chi connectivity index (χ0) is 17.9. The Morgan fingerprint density at radius 2 is 2.17 bits per heavy atom. The number of aliphatic imine (C=N–C) groups is 1. The molecule has 0 spiro atoms. The van der Waals surface area contributed by atoms with E-state index < -0.39 is 5.91 Å². The summed E-state index contributed by atoms with van der Waals surface area (Å²) in [5.74, 6) is -1.11. The largest absolute Gasteiger partial charge is 0.507 e. The van der Waals surface area contributed by atoms with Crippen LogP contribution in [0.1, 0.15) is 16.1 Å². The van der Waals surface area contributed by atoms with E-state index in [-0.39, 0.29) is 28.5 Å². The van der Waals surface area contributed by atoms with Gasteiger partial charge in [0.25, 0.3) is 5.91 Å². The number of halogens is 1. The van der Waals surface area contributed by atoms with Crippen molar-refractivity contribution in [3.8, 4) is 16.9 Å². The van der Waals surface area contributed by atoms with Gasteiger partial charge in [0.1, 0.15) is 5.75 Å². The molecule has 0 aliphatic heterocycles. The third-order valence-corrected chi connectivity index (χ3v) is 3.80. The van der Waals surface area contributed by atoms with Gasteiger partial charge in [0.2, 0.25) is 0 Å². The second-order valence-electron chi connectivity index (χ2n) is 4.79. The molecule has 2 rings (SSSR count). The number of hydrogen-bond donors (Lipinski definition) is 3. The monoisotopic (exact) mass is 343 g/mol. The first kappa shape index (κ1) is 17.2. The Morgan fingerprint density at radius 3 is 2.79 bits per heavy atom. The zero-order valence-corrected chi connectivity index (χ0v) is 13.7. The SMILES string of the molecule is [C-]#[N+]c1ccc(O)c(C(=O)NC(N)=NC)c1-c1ccnc(C)c1Cl. The van der Waals surface area contributed by atoms with E-state index in [1.54, 1.807) is 13.0 Å². The molecule has 0 saturated carbocycles. The van der Waals surface area contributed by atoms with Crippen LogP contribution in [0.4, 0.5) is 5.69 Å². The number of carbonyl (C=O) groups excluding carboxylic acids is 1.